The fourth-order valence-electron chi connectivity index (χ4n) is 5.94. The molecule has 1 aromatic carbocycles. The third-order valence-electron chi connectivity index (χ3n) is 7.58. The molecule has 0 radical (unpaired) electrons. The van der Waals surface area contributed by atoms with Gasteiger partial charge in [0, 0.05) is 23.4 Å². The van der Waals surface area contributed by atoms with E-state index in [-0.39, 0.29) is 29.3 Å². The quantitative estimate of drug-likeness (QED) is 0.222. The van der Waals surface area contributed by atoms with Crippen molar-refractivity contribution in [2.24, 2.45) is 11.3 Å². The maximum absolute atomic E-state index is 13.1. The number of hydrogen-bond donors (Lipinski definition) is 2. The lowest BCUT2D eigenvalue weighted by atomic mass is 9.66. The van der Waals surface area contributed by atoms with Gasteiger partial charge in [0.25, 0.3) is 0 Å². The highest BCUT2D eigenvalue weighted by Gasteiger charge is 2.66. The topological polar surface area (TPSA) is 165 Å². The van der Waals surface area contributed by atoms with Gasteiger partial charge in [-0.05, 0) is 50.5 Å². The molecule has 1 saturated heterocycles. The van der Waals surface area contributed by atoms with E-state index in [0.717, 1.165) is 28.7 Å². The fraction of sp³-hybridized carbons (Fsp3) is 0.407. The molecule has 218 valence electrons. The van der Waals surface area contributed by atoms with E-state index in [2.05, 4.69) is 4.98 Å². The molecule has 2 N–H and O–H groups in total. The highest BCUT2D eigenvalue weighted by atomic mass is 32.2. The third-order valence-corrected chi connectivity index (χ3v) is 9.84. The third kappa shape index (κ3) is 4.79. The Kier molecular flexibility index (Phi) is 6.99. The van der Waals surface area contributed by atoms with Crippen LogP contribution in [0.15, 0.2) is 41.4 Å². The molecule has 0 bridgehead atoms. The van der Waals surface area contributed by atoms with Crippen LogP contribution in [0, 0.1) is 25.2 Å². The summed E-state index contributed by atoms with van der Waals surface area (Å²) < 4.78 is 36.7. The molecule has 1 fully saturated rings. The molecule has 2 aromatic heterocycles. The molecular formula is C27H29N3O9S2. The smallest absolute Gasteiger partial charge is 0.477 e. The number of rotatable bonds is 8. The number of fused-ring (bicyclic) bond motifs is 2. The van der Waals surface area contributed by atoms with Crippen LogP contribution in [0.2, 0.25) is 0 Å². The number of aliphatic hydroxyl groups is 1. The number of carbonyl (C=O) groups is 3. The molecule has 4 heterocycles. The summed E-state index contributed by atoms with van der Waals surface area (Å²) in [4.78, 5) is 44.0. The Labute approximate surface area is 239 Å². The molecule has 12 nitrogen and oxygen atoms in total. The SMILES string of the molecule is Cc1cc(C)cc(OC(=O)OCCC2(C)C(c3cn4cnc(S(C)(=O)=O)c4s3)=C(C(=O)O)N3C(=O)[C@H]([C@@H](C)O)[C@@H]32)c1. The molecule has 5 rings (SSSR count). The first kappa shape index (κ1) is 28.8. The second kappa shape index (κ2) is 9.96. The minimum Gasteiger partial charge on any atom is -0.477 e. The molecule has 3 aromatic rings. The number of carboxylic acid groups (broad SMARTS) is 1. The number of aliphatic carboxylic acids is 1. The Balaban J connectivity index is 1.51. The number of hydrogen-bond acceptors (Lipinski definition) is 10. The van der Waals surface area contributed by atoms with E-state index in [1.54, 1.807) is 25.3 Å². The van der Waals surface area contributed by atoms with Gasteiger partial charge in [0.1, 0.15) is 22.6 Å². The van der Waals surface area contributed by atoms with E-state index in [4.69, 9.17) is 9.47 Å². The van der Waals surface area contributed by atoms with Gasteiger partial charge < -0.3 is 24.6 Å². The number of nitrogens with zero attached hydrogens (tertiary/aromatic N) is 3. The minimum atomic E-state index is -3.67. The Morgan fingerprint density at radius 1 is 1.22 bits per heavy atom. The molecule has 1 unspecified atom stereocenters. The number of benzene rings is 1. The highest BCUT2D eigenvalue weighted by Crippen LogP contribution is 2.60. The second-order valence-electron chi connectivity index (χ2n) is 10.8. The lowest BCUT2D eigenvalue weighted by Gasteiger charge is -2.50. The summed E-state index contributed by atoms with van der Waals surface area (Å²) in [6, 6.07) is 4.58. The second-order valence-corrected chi connectivity index (χ2v) is 13.7. The van der Waals surface area contributed by atoms with Crippen molar-refractivity contribution in [1.29, 1.82) is 0 Å². The molecule has 14 heteroatoms. The average Bonchev–Trinajstić information content (AvgIpc) is 3.46. The van der Waals surface area contributed by atoms with Crippen LogP contribution in [0.1, 0.15) is 36.3 Å². The van der Waals surface area contributed by atoms with Gasteiger partial charge in [-0.3, -0.25) is 9.20 Å². The van der Waals surface area contributed by atoms with Crippen LogP contribution in [-0.2, 0) is 24.2 Å². The summed E-state index contributed by atoms with van der Waals surface area (Å²) in [5, 5.41) is 20.5. The first-order valence-corrected chi connectivity index (χ1v) is 15.4. The van der Waals surface area contributed by atoms with Crippen molar-refractivity contribution in [3.05, 3.63) is 52.4 Å². The van der Waals surface area contributed by atoms with Crippen molar-refractivity contribution in [2.75, 3.05) is 12.9 Å². The van der Waals surface area contributed by atoms with Gasteiger partial charge in [0.2, 0.25) is 5.91 Å². The number of β-lactam (4-membered cyclic amide) rings is 1. The molecule has 2 aliphatic heterocycles. The zero-order valence-electron chi connectivity index (χ0n) is 22.9. The van der Waals surface area contributed by atoms with Crippen LogP contribution in [0.3, 0.4) is 0 Å². The number of carboxylic acids is 1. The molecule has 0 spiro atoms. The number of thiazole rings is 1. The van der Waals surface area contributed by atoms with Gasteiger partial charge in [-0.25, -0.2) is 23.0 Å². The largest absolute Gasteiger partial charge is 0.513 e. The molecule has 0 saturated carbocycles. The van der Waals surface area contributed by atoms with Gasteiger partial charge in [-0.2, -0.15) is 0 Å². The number of aliphatic hydroxyl groups excluding tert-OH is 1. The lowest BCUT2D eigenvalue weighted by molar-refractivity contribution is -0.167. The Bertz CT molecular complexity index is 1720. The van der Waals surface area contributed by atoms with Crippen LogP contribution in [0.4, 0.5) is 4.79 Å². The Morgan fingerprint density at radius 2 is 1.88 bits per heavy atom. The lowest BCUT2D eigenvalue weighted by Crippen LogP contribution is -2.66. The predicted molar refractivity (Wildman–Crippen MR) is 147 cm³/mol. The average molecular weight is 604 g/mol. The first-order valence-electron chi connectivity index (χ1n) is 12.7. The Hall–Kier alpha value is -3.75. The summed E-state index contributed by atoms with van der Waals surface area (Å²) in [5.41, 5.74) is 0.748. The molecule has 2 aliphatic rings. The van der Waals surface area contributed by atoms with Gasteiger partial charge >= 0.3 is 12.1 Å². The van der Waals surface area contributed by atoms with Gasteiger partial charge in [0.15, 0.2) is 14.9 Å². The zero-order valence-corrected chi connectivity index (χ0v) is 24.6. The summed E-state index contributed by atoms with van der Waals surface area (Å²) in [6.45, 7) is 6.77. The van der Waals surface area contributed by atoms with Crippen LogP contribution < -0.4 is 4.74 Å². The van der Waals surface area contributed by atoms with Gasteiger partial charge in [0.05, 0.1) is 29.5 Å². The van der Waals surface area contributed by atoms with E-state index in [1.807, 2.05) is 19.9 Å². The summed E-state index contributed by atoms with van der Waals surface area (Å²) in [5.74, 6) is -2.43. The highest BCUT2D eigenvalue weighted by molar-refractivity contribution is 7.91. The zero-order chi connectivity index (χ0) is 30.0. The van der Waals surface area contributed by atoms with E-state index >= 15 is 0 Å². The normalized spacial score (nSPS) is 23.0. The summed E-state index contributed by atoms with van der Waals surface area (Å²) in [6.07, 6.45) is 2.01. The molecule has 4 atom stereocenters. The van der Waals surface area contributed by atoms with Crippen molar-refractivity contribution in [3.8, 4) is 5.75 Å². The first-order chi connectivity index (χ1) is 19.1. The molecule has 41 heavy (non-hydrogen) atoms. The number of amides is 1. The number of sulfone groups is 1. The predicted octanol–water partition coefficient (Wildman–Crippen LogP) is 3.05. The molecular weight excluding hydrogens is 574 g/mol. The number of ether oxygens (including phenoxy) is 2. The standard InChI is InChI=1S/C27H29N3O9S2/c1-13-8-14(2)10-16(9-13)39-26(35)38-7-6-27(4)19(17-11-29-12-28-22(24(29)40-17)41(5,36)37)20(25(33)34)30-21(27)18(15(3)31)23(30)32/h8-12,15,18,21,31H,6-7H2,1-5H3,(H,33,34)/t15-,18-,21-,27?/m1/s1. The van der Waals surface area contributed by atoms with Crippen LogP contribution >= 0.6 is 11.3 Å². The number of aromatic nitrogens is 2. The number of imidazole rings is 1. The van der Waals surface area contributed by atoms with E-state index < -0.39 is 51.3 Å². The van der Waals surface area contributed by atoms with Crippen LogP contribution in [0.25, 0.3) is 10.4 Å². The summed E-state index contributed by atoms with van der Waals surface area (Å²) in [7, 11) is -3.67. The van der Waals surface area contributed by atoms with Crippen molar-refractivity contribution >= 4 is 49.6 Å². The minimum absolute atomic E-state index is 0.0860. The maximum Gasteiger partial charge on any atom is 0.513 e. The van der Waals surface area contributed by atoms with Crippen molar-refractivity contribution in [1.82, 2.24) is 14.3 Å². The summed E-state index contributed by atoms with van der Waals surface area (Å²) >= 11 is 1.03. The number of aryl methyl sites for hydroxylation is 2. The van der Waals surface area contributed by atoms with E-state index in [1.165, 1.54) is 22.6 Å². The van der Waals surface area contributed by atoms with Crippen LogP contribution in [-0.4, -0.2) is 76.0 Å². The molecule has 1 amide bonds. The molecule has 0 aliphatic carbocycles. The van der Waals surface area contributed by atoms with E-state index in [0.29, 0.717) is 15.5 Å². The van der Waals surface area contributed by atoms with Crippen molar-refractivity contribution < 1.29 is 42.5 Å². The van der Waals surface area contributed by atoms with Crippen molar-refractivity contribution in [2.45, 2.75) is 51.3 Å². The maximum atomic E-state index is 13.1. The number of carbonyl (C=O) groups excluding carboxylic acids is 2. The van der Waals surface area contributed by atoms with Gasteiger partial charge in [-0.15, -0.1) is 11.3 Å². The monoisotopic (exact) mass is 603 g/mol. The van der Waals surface area contributed by atoms with Crippen LogP contribution in [0.5, 0.6) is 5.75 Å². The Morgan fingerprint density at radius 3 is 2.46 bits per heavy atom. The van der Waals surface area contributed by atoms with E-state index in [9.17, 15) is 33.0 Å². The van der Waals surface area contributed by atoms with Crippen molar-refractivity contribution in [3.63, 3.8) is 0 Å². The fourth-order valence-corrected chi connectivity index (χ4v) is 8.34. The van der Waals surface area contributed by atoms with Gasteiger partial charge in [-0.1, -0.05) is 13.0 Å².